The van der Waals surface area contributed by atoms with Crippen LogP contribution in [0, 0.1) is 0 Å². The predicted octanol–water partition coefficient (Wildman–Crippen LogP) is 3.06. The summed E-state index contributed by atoms with van der Waals surface area (Å²) in [4.78, 5) is 18.9. The van der Waals surface area contributed by atoms with Crippen LogP contribution in [0.4, 0.5) is 0 Å². The first-order chi connectivity index (χ1) is 8.74. The van der Waals surface area contributed by atoms with Crippen LogP contribution in [0.5, 0.6) is 0 Å². The highest BCUT2D eigenvalue weighted by atomic mass is 32.1. The molecule has 88 valence electrons. The van der Waals surface area contributed by atoms with Crippen LogP contribution < -0.4 is 0 Å². The van der Waals surface area contributed by atoms with Crippen molar-refractivity contribution in [2.24, 2.45) is 0 Å². The average molecular weight is 256 g/mol. The maximum absolute atomic E-state index is 10.9. The van der Waals surface area contributed by atoms with Gasteiger partial charge in [-0.2, -0.15) is 0 Å². The Morgan fingerprint density at radius 2 is 1.94 bits per heavy atom. The van der Waals surface area contributed by atoms with E-state index >= 15 is 0 Å². The molecule has 1 aromatic carbocycles. The van der Waals surface area contributed by atoms with E-state index in [1.54, 1.807) is 29.0 Å². The molecule has 0 saturated heterocycles. The number of carbonyl (C=O) groups is 1. The third kappa shape index (κ3) is 1.84. The second kappa shape index (κ2) is 4.19. The van der Waals surface area contributed by atoms with Gasteiger partial charge < -0.3 is 5.11 Å². The molecule has 0 aliphatic carbocycles. The fourth-order valence-electron chi connectivity index (χ4n) is 1.76. The Bertz CT molecular complexity index is 736. The SMILES string of the molecule is O=C(O)c1cc(-c2ccc3scnc3c2)ccn1. The lowest BCUT2D eigenvalue weighted by molar-refractivity contribution is 0.0690. The number of rotatable bonds is 2. The first kappa shape index (κ1) is 10.9. The minimum absolute atomic E-state index is 0.0471. The molecule has 0 amide bonds. The van der Waals surface area contributed by atoms with Gasteiger partial charge in [0.2, 0.25) is 0 Å². The largest absolute Gasteiger partial charge is 0.477 e. The van der Waals surface area contributed by atoms with Crippen molar-refractivity contribution in [3.63, 3.8) is 0 Å². The van der Waals surface area contributed by atoms with Gasteiger partial charge in [0.25, 0.3) is 0 Å². The zero-order chi connectivity index (χ0) is 12.5. The van der Waals surface area contributed by atoms with Crippen molar-refractivity contribution in [1.82, 2.24) is 9.97 Å². The maximum atomic E-state index is 10.9. The Morgan fingerprint density at radius 3 is 2.78 bits per heavy atom. The first-order valence-electron chi connectivity index (χ1n) is 5.27. The molecule has 0 radical (unpaired) electrons. The van der Waals surface area contributed by atoms with Gasteiger partial charge in [0.15, 0.2) is 0 Å². The summed E-state index contributed by atoms with van der Waals surface area (Å²) in [7, 11) is 0. The van der Waals surface area contributed by atoms with Gasteiger partial charge >= 0.3 is 5.97 Å². The zero-order valence-electron chi connectivity index (χ0n) is 9.20. The summed E-state index contributed by atoms with van der Waals surface area (Å²) in [6.45, 7) is 0. The number of nitrogens with zero attached hydrogens (tertiary/aromatic N) is 2. The van der Waals surface area contributed by atoms with Crippen molar-refractivity contribution >= 4 is 27.5 Å². The fourth-order valence-corrected chi connectivity index (χ4v) is 2.42. The number of aromatic carboxylic acids is 1. The van der Waals surface area contributed by atoms with Gasteiger partial charge in [-0.25, -0.2) is 14.8 Å². The molecule has 0 atom stereocenters. The summed E-state index contributed by atoms with van der Waals surface area (Å²) >= 11 is 1.58. The second-order valence-electron chi connectivity index (χ2n) is 3.77. The molecule has 4 nitrogen and oxygen atoms in total. The van der Waals surface area contributed by atoms with Gasteiger partial charge in [-0.05, 0) is 35.4 Å². The number of hydrogen-bond donors (Lipinski definition) is 1. The number of pyridine rings is 1. The Morgan fingerprint density at radius 1 is 1.11 bits per heavy atom. The standard InChI is InChI=1S/C13H8N2O2S/c16-13(17)11-6-9(3-4-14-11)8-1-2-12-10(5-8)15-7-18-12/h1-7H,(H,16,17). The van der Waals surface area contributed by atoms with Gasteiger partial charge in [0.1, 0.15) is 5.69 Å². The Kier molecular flexibility index (Phi) is 2.53. The quantitative estimate of drug-likeness (QED) is 0.765. The molecule has 0 fully saturated rings. The molecule has 0 aliphatic heterocycles. The lowest BCUT2D eigenvalue weighted by Crippen LogP contribution is -1.99. The Hall–Kier alpha value is -2.27. The van der Waals surface area contributed by atoms with Crippen molar-refractivity contribution in [3.05, 3.63) is 47.7 Å². The van der Waals surface area contributed by atoms with E-state index in [4.69, 9.17) is 5.11 Å². The van der Waals surface area contributed by atoms with Crippen molar-refractivity contribution < 1.29 is 9.90 Å². The smallest absolute Gasteiger partial charge is 0.354 e. The van der Waals surface area contributed by atoms with E-state index in [2.05, 4.69) is 9.97 Å². The summed E-state index contributed by atoms with van der Waals surface area (Å²) in [5.74, 6) is -1.02. The Labute approximate surface area is 107 Å². The first-order valence-corrected chi connectivity index (χ1v) is 6.15. The van der Waals surface area contributed by atoms with Crippen LogP contribution in [0.1, 0.15) is 10.5 Å². The van der Waals surface area contributed by atoms with Crippen LogP contribution in [0.2, 0.25) is 0 Å². The minimum Gasteiger partial charge on any atom is -0.477 e. The lowest BCUT2D eigenvalue weighted by Gasteiger charge is -2.02. The van der Waals surface area contributed by atoms with Crippen molar-refractivity contribution in [2.45, 2.75) is 0 Å². The molecule has 2 heterocycles. The lowest BCUT2D eigenvalue weighted by atomic mass is 10.1. The topological polar surface area (TPSA) is 63.1 Å². The Balaban J connectivity index is 2.13. The highest BCUT2D eigenvalue weighted by molar-refractivity contribution is 7.16. The number of fused-ring (bicyclic) bond motifs is 1. The third-order valence-electron chi connectivity index (χ3n) is 2.64. The minimum atomic E-state index is -1.02. The highest BCUT2D eigenvalue weighted by Gasteiger charge is 2.07. The van der Waals surface area contributed by atoms with Crippen LogP contribution in [0.25, 0.3) is 21.3 Å². The van der Waals surface area contributed by atoms with Gasteiger partial charge in [-0.3, -0.25) is 0 Å². The molecule has 0 saturated carbocycles. The summed E-state index contributed by atoms with van der Waals surface area (Å²) in [6.07, 6.45) is 1.50. The normalized spacial score (nSPS) is 10.7. The number of thiazole rings is 1. The van der Waals surface area contributed by atoms with Crippen LogP contribution in [-0.2, 0) is 0 Å². The molecule has 5 heteroatoms. The monoisotopic (exact) mass is 256 g/mol. The van der Waals surface area contributed by atoms with E-state index in [1.165, 1.54) is 6.20 Å². The van der Waals surface area contributed by atoms with Crippen LogP contribution in [-0.4, -0.2) is 21.0 Å². The van der Waals surface area contributed by atoms with Crippen molar-refractivity contribution in [3.8, 4) is 11.1 Å². The molecular formula is C13H8N2O2S. The second-order valence-corrected chi connectivity index (χ2v) is 4.66. The molecule has 18 heavy (non-hydrogen) atoms. The predicted molar refractivity (Wildman–Crippen MR) is 69.8 cm³/mol. The summed E-state index contributed by atoms with van der Waals surface area (Å²) in [6, 6.07) is 9.26. The molecule has 2 aromatic heterocycles. The highest BCUT2D eigenvalue weighted by Crippen LogP contribution is 2.25. The summed E-state index contributed by atoms with van der Waals surface area (Å²) in [5, 5.41) is 8.92. The number of hydrogen-bond acceptors (Lipinski definition) is 4. The summed E-state index contributed by atoms with van der Waals surface area (Å²) in [5.41, 5.74) is 4.54. The molecule has 0 unspecified atom stereocenters. The maximum Gasteiger partial charge on any atom is 0.354 e. The van der Waals surface area contributed by atoms with E-state index in [0.717, 1.165) is 21.3 Å². The summed E-state index contributed by atoms with van der Waals surface area (Å²) < 4.78 is 1.12. The number of carboxylic acid groups (broad SMARTS) is 1. The van der Waals surface area contributed by atoms with Gasteiger partial charge in [0.05, 0.1) is 15.7 Å². The fraction of sp³-hybridized carbons (Fsp3) is 0. The van der Waals surface area contributed by atoms with Gasteiger partial charge in [-0.1, -0.05) is 6.07 Å². The number of carboxylic acids is 1. The zero-order valence-corrected chi connectivity index (χ0v) is 10.0. The van der Waals surface area contributed by atoms with Gasteiger partial charge in [0, 0.05) is 6.20 Å². The van der Waals surface area contributed by atoms with E-state index in [1.807, 2.05) is 18.2 Å². The van der Waals surface area contributed by atoms with E-state index < -0.39 is 5.97 Å². The third-order valence-corrected chi connectivity index (χ3v) is 3.45. The van der Waals surface area contributed by atoms with Crippen LogP contribution in [0.15, 0.2) is 42.0 Å². The van der Waals surface area contributed by atoms with Crippen molar-refractivity contribution in [2.75, 3.05) is 0 Å². The number of aromatic nitrogens is 2. The van der Waals surface area contributed by atoms with E-state index in [-0.39, 0.29) is 5.69 Å². The average Bonchev–Trinajstić information content (AvgIpc) is 2.86. The molecule has 3 aromatic rings. The van der Waals surface area contributed by atoms with E-state index in [9.17, 15) is 4.79 Å². The molecule has 0 spiro atoms. The molecule has 0 aliphatic rings. The van der Waals surface area contributed by atoms with Crippen LogP contribution >= 0.6 is 11.3 Å². The molecule has 3 rings (SSSR count). The van der Waals surface area contributed by atoms with Gasteiger partial charge in [-0.15, -0.1) is 11.3 Å². The van der Waals surface area contributed by atoms with E-state index in [0.29, 0.717) is 0 Å². The number of benzene rings is 1. The molecular weight excluding hydrogens is 248 g/mol. The van der Waals surface area contributed by atoms with Crippen molar-refractivity contribution in [1.29, 1.82) is 0 Å². The molecule has 0 bridgehead atoms. The van der Waals surface area contributed by atoms with Crippen LogP contribution in [0.3, 0.4) is 0 Å². The molecule has 1 N–H and O–H groups in total.